The Labute approximate surface area is 195 Å². The Morgan fingerprint density at radius 3 is 2.27 bits per heavy atom. The third kappa shape index (κ3) is 6.46. The van der Waals surface area contributed by atoms with Crippen molar-refractivity contribution in [3.05, 3.63) is 60.2 Å². The molecule has 0 aromatic heterocycles. The first-order valence-electron chi connectivity index (χ1n) is 11.7. The molecule has 8 heteroatoms. The van der Waals surface area contributed by atoms with Crippen molar-refractivity contribution in [2.45, 2.75) is 25.4 Å². The Morgan fingerprint density at radius 2 is 1.64 bits per heavy atom. The van der Waals surface area contributed by atoms with Crippen molar-refractivity contribution in [2.75, 3.05) is 56.0 Å². The van der Waals surface area contributed by atoms with Gasteiger partial charge >= 0.3 is 12.0 Å². The average molecular weight is 452 g/mol. The number of nitrogens with one attached hydrogen (secondary N) is 2. The summed E-state index contributed by atoms with van der Waals surface area (Å²) in [5.41, 5.74) is 2.68. The second-order valence-electron chi connectivity index (χ2n) is 8.72. The van der Waals surface area contributed by atoms with Crippen LogP contribution >= 0.6 is 0 Å². The molecule has 0 radical (unpaired) electrons. The molecule has 176 valence electrons. The van der Waals surface area contributed by atoms with Crippen LogP contribution in [0.25, 0.3) is 0 Å². The van der Waals surface area contributed by atoms with Crippen molar-refractivity contribution < 1.29 is 14.7 Å². The normalized spacial score (nSPS) is 17.5. The van der Waals surface area contributed by atoms with Gasteiger partial charge in [0, 0.05) is 50.1 Å². The molecule has 8 nitrogen and oxygen atoms in total. The van der Waals surface area contributed by atoms with Crippen LogP contribution < -0.4 is 15.5 Å². The number of piperidine rings is 1. The standard InChI is InChI=1S/C25H33N5O3/c31-24(32)19-30(18-20-4-2-1-3-5-20)25(33)27-21-6-8-22(9-7-21)28-14-16-29(17-15-28)23-10-12-26-13-11-23/h1-9,23,26H,10-19H2,(H,27,33)(H,31,32). The van der Waals surface area contributed by atoms with Gasteiger partial charge in [0.1, 0.15) is 6.54 Å². The molecule has 2 fully saturated rings. The molecular formula is C25H33N5O3. The summed E-state index contributed by atoms with van der Waals surface area (Å²) in [7, 11) is 0. The van der Waals surface area contributed by atoms with Crippen LogP contribution in [0.2, 0.25) is 0 Å². The van der Waals surface area contributed by atoms with Crippen LogP contribution in [-0.2, 0) is 11.3 Å². The molecule has 3 N–H and O–H groups in total. The van der Waals surface area contributed by atoms with Gasteiger partial charge in [-0.15, -0.1) is 0 Å². The third-order valence-electron chi connectivity index (χ3n) is 6.45. The highest BCUT2D eigenvalue weighted by molar-refractivity contribution is 5.91. The molecule has 2 saturated heterocycles. The van der Waals surface area contributed by atoms with Gasteiger partial charge in [-0.05, 0) is 55.8 Å². The largest absolute Gasteiger partial charge is 0.480 e. The molecule has 2 aliphatic rings. The van der Waals surface area contributed by atoms with E-state index in [1.165, 1.54) is 17.7 Å². The molecule has 0 saturated carbocycles. The van der Waals surface area contributed by atoms with E-state index < -0.39 is 12.0 Å². The summed E-state index contributed by atoms with van der Waals surface area (Å²) in [5.74, 6) is -1.04. The highest BCUT2D eigenvalue weighted by Gasteiger charge is 2.25. The first-order valence-corrected chi connectivity index (χ1v) is 11.7. The molecule has 0 atom stereocenters. The molecule has 2 aromatic rings. The van der Waals surface area contributed by atoms with Crippen LogP contribution in [0.4, 0.5) is 16.2 Å². The van der Waals surface area contributed by atoms with E-state index in [4.69, 9.17) is 0 Å². The van der Waals surface area contributed by atoms with Gasteiger partial charge in [-0.1, -0.05) is 30.3 Å². The van der Waals surface area contributed by atoms with E-state index in [2.05, 4.69) is 20.4 Å². The Morgan fingerprint density at radius 1 is 0.970 bits per heavy atom. The number of piperazine rings is 1. The summed E-state index contributed by atoms with van der Waals surface area (Å²) in [6.45, 7) is 6.26. The third-order valence-corrected chi connectivity index (χ3v) is 6.45. The lowest BCUT2D eigenvalue weighted by Gasteiger charge is -2.41. The fourth-order valence-electron chi connectivity index (χ4n) is 4.64. The Kier molecular flexibility index (Phi) is 7.80. The average Bonchev–Trinajstić information content (AvgIpc) is 2.85. The van der Waals surface area contributed by atoms with E-state index in [-0.39, 0.29) is 13.1 Å². The summed E-state index contributed by atoms with van der Waals surface area (Å²) in [6, 6.07) is 17.5. The van der Waals surface area contributed by atoms with Gasteiger partial charge in [-0.25, -0.2) is 4.79 Å². The van der Waals surface area contributed by atoms with Crippen LogP contribution in [0.3, 0.4) is 0 Å². The first-order chi connectivity index (χ1) is 16.1. The van der Waals surface area contributed by atoms with Gasteiger partial charge in [0.2, 0.25) is 0 Å². The second-order valence-corrected chi connectivity index (χ2v) is 8.72. The van der Waals surface area contributed by atoms with Crippen molar-refractivity contribution in [1.82, 2.24) is 15.1 Å². The summed E-state index contributed by atoms with van der Waals surface area (Å²) < 4.78 is 0. The smallest absolute Gasteiger partial charge is 0.323 e. The number of urea groups is 1. The van der Waals surface area contributed by atoms with Gasteiger partial charge in [0.15, 0.2) is 0 Å². The van der Waals surface area contributed by atoms with Crippen molar-refractivity contribution in [1.29, 1.82) is 0 Å². The lowest BCUT2D eigenvalue weighted by Crippen LogP contribution is -2.52. The molecule has 2 aliphatic heterocycles. The van der Waals surface area contributed by atoms with Crippen LogP contribution in [0, 0.1) is 0 Å². The minimum Gasteiger partial charge on any atom is -0.480 e. The molecule has 4 rings (SSSR count). The van der Waals surface area contributed by atoms with E-state index >= 15 is 0 Å². The number of carbonyl (C=O) groups is 2. The quantitative estimate of drug-likeness (QED) is 0.600. The molecule has 0 spiro atoms. The molecule has 2 amide bonds. The predicted molar refractivity (Wildman–Crippen MR) is 130 cm³/mol. The minimum absolute atomic E-state index is 0.235. The van der Waals surface area contributed by atoms with E-state index in [1.807, 2.05) is 54.6 Å². The Bertz CT molecular complexity index is 907. The monoisotopic (exact) mass is 451 g/mol. The van der Waals surface area contributed by atoms with Gasteiger partial charge in [-0.2, -0.15) is 0 Å². The molecule has 33 heavy (non-hydrogen) atoms. The molecule has 0 aliphatic carbocycles. The number of rotatable bonds is 7. The second kappa shape index (κ2) is 11.2. The number of benzene rings is 2. The van der Waals surface area contributed by atoms with E-state index in [0.29, 0.717) is 11.7 Å². The SMILES string of the molecule is O=C(O)CN(Cc1ccccc1)C(=O)Nc1ccc(N2CCN(C3CCNCC3)CC2)cc1. The number of anilines is 2. The molecule has 2 aromatic carbocycles. The number of nitrogens with zero attached hydrogens (tertiary/aromatic N) is 3. The number of aliphatic carboxylic acids is 1. The maximum absolute atomic E-state index is 12.8. The maximum atomic E-state index is 12.8. The zero-order valence-electron chi connectivity index (χ0n) is 18.9. The van der Waals surface area contributed by atoms with Crippen LogP contribution in [0.5, 0.6) is 0 Å². The number of amides is 2. The van der Waals surface area contributed by atoms with Crippen molar-refractivity contribution in [3.63, 3.8) is 0 Å². The number of hydrogen-bond donors (Lipinski definition) is 3. The zero-order chi connectivity index (χ0) is 23.0. The molecular weight excluding hydrogens is 418 g/mol. The predicted octanol–water partition coefficient (Wildman–Crippen LogP) is 2.68. The molecule has 2 heterocycles. The minimum atomic E-state index is -1.04. The topological polar surface area (TPSA) is 88.1 Å². The van der Waals surface area contributed by atoms with E-state index in [1.54, 1.807) is 0 Å². The Balaban J connectivity index is 1.31. The van der Waals surface area contributed by atoms with Gasteiger partial charge < -0.3 is 25.5 Å². The van der Waals surface area contributed by atoms with E-state index in [0.717, 1.165) is 50.5 Å². The number of carboxylic acid groups (broad SMARTS) is 1. The van der Waals surface area contributed by atoms with Gasteiger partial charge in [-0.3, -0.25) is 9.69 Å². The van der Waals surface area contributed by atoms with Crippen molar-refractivity contribution >= 4 is 23.4 Å². The molecule has 0 unspecified atom stereocenters. The first kappa shape index (κ1) is 23.1. The Hall–Kier alpha value is -3.10. The van der Waals surface area contributed by atoms with Gasteiger partial charge in [0.05, 0.1) is 0 Å². The lowest BCUT2D eigenvalue weighted by atomic mass is 10.0. The fourth-order valence-corrected chi connectivity index (χ4v) is 4.64. The van der Waals surface area contributed by atoms with E-state index in [9.17, 15) is 14.7 Å². The van der Waals surface area contributed by atoms with Crippen molar-refractivity contribution in [3.8, 4) is 0 Å². The number of carbonyl (C=O) groups excluding carboxylic acids is 1. The molecule has 0 bridgehead atoms. The number of carboxylic acids is 1. The van der Waals surface area contributed by atoms with Crippen LogP contribution in [0.1, 0.15) is 18.4 Å². The maximum Gasteiger partial charge on any atom is 0.323 e. The summed E-state index contributed by atoms with van der Waals surface area (Å²) in [6.07, 6.45) is 2.47. The van der Waals surface area contributed by atoms with Crippen LogP contribution in [-0.4, -0.2) is 78.8 Å². The van der Waals surface area contributed by atoms with Crippen LogP contribution in [0.15, 0.2) is 54.6 Å². The van der Waals surface area contributed by atoms with Gasteiger partial charge in [0.25, 0.3) is 0 Å². The summed E-state index contributed by atoms with van der Waals surface area (Å²) in [4.78, 5) is 30.3. The fraction of sp³-hybridized carbons (Fsp3) is 0.440. The summed E-state index contributed by atoms with van der Waals surface area (Å²) in [5, 5.41) is 15.5. The zero-order valence-corrected chi connectivity index (χ0v) is 18.9. The summed E-state index contributed by atoms with van der Waals surface area (Å²) >= 11 is 0. The van der Waals surface area contributed by atoms with Crippen molar-refractivity contribution in [2.24, 2.45) is 0 Å². The number of hydrogen-bond acceptors (Lipinski definition) is 5. The highest BCUT2D eigenvalue weighted by Crippen LogP contribution is 2.22. The highest BCUT2D eigenvalue weighted by atomic mass is 16.4. The lowest BCUT2D eigenvalue weighted by molar-refractivity contribution is -0.137.